The Morgan fingerprint density at radius 1 is 1.17 bits per heavy atom. The topological polar surface area (TPSA) is 50.3 Å². The number of nitrogens with zero attached hydrogens (tertiary/aromatic N) is 2. The van der Waals surface area contributed by atoms with Crippen LogP contribution in [0.4, 0.5) is 0 Å². The smallest absolute Gasteiger partial charge is 0.255 e. The summed E-state index contributed by atoms with van der Waals surface area (Å²) in [4.78, 5) is 18.5. The molecule has 1 aliphatic rings. The Bertz CT molecular complexity index is 710. The summed E-state index contributed by atoms with van der Waals surface area (Å²) in [6, 6.07) is 13.3. The van der Waals surface area contributed by atoms with Gasteiger partial charge in [-0.15, -0.1) is 0 Å². The number of benzene rings is 1. The lowest BCUT2D eigenvalue weighted by Crippen LogP contribution is -2.27. The maximum Gasteiger partial charge on any atom is 0.255 e. The molecule has 0 N–H and O–H groups in total. The van der Waals surface area contributed by atoms with Gasteiger partial charge in [-0.05, 0) is 37.0 Å². The van der Waals surface area contributed by atoms with E-state index in [-0.39, 0.29) is 11.2 Å². The second kappa shape index (κ2) is 7.71. The van der Waals surface area contributed by atoms with Gasteiger partial charge in [0.05, 0.1) is 21.6 Å². The molecule has 0 aliphatic carbocycles. The zero-order chi connectivity index (χ0) is 16.9. The Hall–Kier alpha value is -2.01. The number of hydrogen-bond donors (Lipinski definition) is 0. The average molecular weight is 342 g/mol. The molecule has 1 saturated heterocycles. The summed E-state index contributed by atoms with van der Waals surface area (Å²) in [5, 5.41) is 0.447. The molecule has 0 saturated carbocycles. The van der Waals surface area contributed by atoms with Gasteiger partial charge in [-0.2, -0.15) is 0 Å². The molecule has 2 atom stereocenters. The molecule has 1 aromatic heterocycles. The SMILES string of the molecule is CC[C@H](c1ccccc1)[S@](=O)c1ccc(C(=O)N2CCCC2)cn1. The number of hydrogen-bond acceptors (Lipinski definition) is 3. The Labute approximate surface area is 145 Å². The highest BCUT2D eigenvalue weighted by atomic mass is 32.2. The van der Waals surface area contributed by atoms with Crippen LogP contribution in [-0.2, 0) is 10.8 Å². The first-order chi connectivity index (χ1) is 11.7. The molecule has 5 heteroatoms. The van der Waals surface area contributed by atoms with E-state index in [9.17, 15) is 9.00 Å². The zero-order valence-electron chi connectivity index (χ0n) is 13.9. The standard InChI is InChI=1S/C19H22N2O2S/c1-2-17(15-8-4-3-5-9-15)24(23)18-11-10-16(14-20-18)19(22)21-12-6-7-13-21/h3-5,8-11,14,17H,2,6-7,12-13H2,1H3/t17-,24+/m1/s1. The lowest BCUT2D eigenvalue weighted by molar-refractivity contribution is 0.0792. The Kier molecular flexibility index (Phi) is 5.41. The summed E-state index contributed by atoms with van der Waals surface area (Å²) < 4.78 is 12.9. The summed E-state index contributed by atoms with van der Waals surface area (Å²) in [7, 11) is -1.23. The highest BCUT2D eigenvalue weighted by Crippen LogP contribution is 2.27. The molecule has 4 nitrogen and oxygen atoms in total. The average Bonchev–Trinajstić information content (AvgIpc) is 3.17. The summed E-state index contributed by atoms with van der Waals surface area (Å²) in [6.07, 6.45) is 4.46. The number of amides is 1. The molecule has 1 fully saturated rings. The normalized spacial score (nSPS) is 16.8. The molecule has 126 valence electrons. The van der Waals surface area contributed by atoms with E-state index in [1.807, 2.05) is 42.2 Å². The first-order valence-corrected chi connectivity index (χ1v) is 9.63. The Balaban J connectivity index is 1.77. The highest BCUT2D eigenvalue weighted by Gasteiger charge is 2.22. The van der Waals surface area contributed by atoms with Gasteiger partial charge in [0.15, 0.2) is 0 Å². The van der Waals surface area contributed by atoms with Crippen molar-refractivity contribution in [1.29, 1.82) is 0 Å². The van der Waals surface area contributed by atoms with Crippen molar-refractivity contribution in [3.63, 3.8) is 0 Å². The van der Waals surface area contributed by atoms with Gasteiger partial charge < -0.3 is 4.90 Å². The van der Waals surface area contributed by atoms with Crippen LogP contribution in [-0.4, -0.2) is 33.1 Å². The molecule has 1 aliphatic heterocycles. The van der Waals surface area contributed by atoms with Crippen LogP contribution in [0.2, 0.25) is 0 Å². The van der Waals surface area contributed by atoms with E-state index in [4.69, 9.17) is 0 Å². The van der Waals surface area contributed by atoms with Gasteiger partial charge in [-0.3, -0.25) is 9.00 Å². The molecular weight excluding hydrogens is 320 g/mol. The van der Waals surface area contributed by atoms with Gasteiger partial charge in [-0.25, -0.2) is 4.98 Å². The van der Waals surface area contributed by atoms with Crippen LogP contribution in [0.5, 0.6) is 0 Å². The number of likely N-dealkylation sites (tertiary alicyclic amines) is 1. The van der Waals surface area contributed by atoms with E-state index in [0.717, 1.165) is 37.9 Å². The predicted molar refractivity (Wildman–Crippen MR) is 95.3 cm³/mol. The summed E-state index contributed by atoms with van der Waals surface area (Å²) in [5.41, 5.74) is 1.63. The molecule has 2 heterocycles. The van der Waals surface area contributed by atoms with E-state index in [2.05, 4.69) is 4.98 Å². The van der Waals surface area contributed by atoms with E-state index in [0.29, 0.717) is 10.6 Å². The molecule has 0 bridgehead atoms. The van der Waals surface area contributed by atoms with Crippen molar-refractivity contribution in [2.75, 3.05) is 13.1 Å². The van der Waals surface area contributed by atoms with Crippen molar-refractivity contribution in [3.8, 4) is 0 Å². The first-order valence-electron chi connectivity index (χ1n) is 8.41. The van der Waals surface area contributed by atoms with Crippen molar-refractivity contribution in [2.24, 2.45) is 0 Å². The Morgan fingerprint density at radius 3 is 2.46 bits per heavy atom. The molecule has 1 aromatic carbocycles. The Morgan fingerprint density at radius 2 is 1.88 bits per heavy atom. The lowest BCUT2D eigenvalue weighted by atomic mass is 10.1. The van der Waals surface area contributed by atoms with E-state index < -0.39 is 10.8 Å². The molecule has 3 rings (SSSR count). The number of carbonyl (C=O) groups excluding carboxylic acids is 1. The fourth-order valence-electron chi connectivity index (χ4n) is 3.05. The quantitative estimate of drug-likeness (QED) is 0.834. The van der Waals surface area contributed by atoms with Crippen LogP contribution in [0, 0.1) is 0 Å². The van der Waals surface area contributed by atoms with Crippen molar-refractivity contribution in [1.82, 2.24) is 9.88 Å². The van der Waals surface area contributed by atoms with Gasteiger partial charge in [-0.1, -0.05) is 37.3 Å². The second-order valence-corrected chi connectivity index (χ2v) is 7.57. The van der Waals surface area contributed by atoms with Crippen LogP contribution >= 0.6 is 0 Å². The molecule has 0 radical (unpaired) electrons. The third-order valence-corrected chi connectivity index (χ3v) is 6.16. The van der Waals surface area contributed by atoms with E-state index in [1.54, 1.807) is 18.3 Å². The van der Waals surface area contributed by atoms with Crippen LogP contribution in [0.1, 0.15) is 47.4 Å². The molecule has 0 unspecified atom stereocenters. The number of pyridine rings is 1. The molecule has 0 spiro atoms. The molecular formula is C19H22N2O2S. The third-order valence-electron chi connectivity index (χ3n) is 4.38. The van der Waals surface area contributed by atoms with E-state index in [1.165, 1.54) is 0 Å². The zero-order valence-corrected chi connectivity index (χ0v) is 14.7. The molecule has 24 heavy (non-hydrogen) atoms. The van der Waals surface area contributed by atoms with Crippen molar-refractivity contribution in [2.45, 2.75) is 36.5 Å². The largest absolute Gasteiger partial charge is 0.339 e. The number of carbonyl (C=O) groups is 1. The summed E-state index contributed by atoms with van der Waals surface area (Å²) in [6.45, 7) is 3.66. The van der Waals surface area contributed by atoms with Crippen molar-refractivity contribution in [3.05, 3.63) is 59.8 Å². The van der Waals surface area contributed by atoms with Crippen molar-refractivity contribution >= 4 is 16.7 Å². The number of rotatable bonds is 5. The van der Waals surface area contributed by atoms with Crippen LogP contribution in [0.3, 0.4) is 0 Å². The predicted octanol–water partition coefficient (Wildman–Crippen LogP) is 3.58. The van der Waals surface area contributed by atoms with Gasteiger partial charge in [0.2, 0.25) is 0 Å². The van der Waals surface area contributed by atoms with Gasteiger partial charge in [0.1, 0.15) is 5.03 Å². The van der Waals surface area contributed by atoms with Gasteiger partial charge in [0, 0.05) is 19.3 Å². The van der Waals surface area contributed by atoms with Gasteiger partial charge in [0.25, 0.3) is 5.91 Å². The minimum absolute atomic E-state index is 0.0208. The third kappa shape index (κ3) is 3.56. The molecule has 2 aromatic rings. The maximum absolute atomic E-state index is 12.9. The summed E-state index contributed by atoms with van der Waals surface area (Å²) >= 11 is 0. The van der Waals surface area contributed by atoms with Crippen molar-refractivity contribution < 1.29 is 9.00 Å². The molecule has 1 amide bonds. The monoisotopic (exact) mass is 342 g/mol. The minimum Gasteiger partial charge on any atom is -0.339 e. The van der Waals surface area contributed by atoms with Crippen LogP contribution in [0.25, 0.3) is 0 Å². The second-order valence-electron chi connectivity index (χ2n) is 5.99. The highest BCUT2D eigenvalue weighted by molar-refractivity contribution is 7.85. The van der Waals surface area contributed by atoms with E-state index >= 15 is 0 Å². The fourth-order valence-corrected chi connectivity index (χ4v) is 4.41. The summed E-state index contributed by atoms with van der Waals surface area (Å²) in [5.74, 6) is 0.0208. The first kappa shape index (κ1) is 16.8. The number of aromatic nitrogens is 1. The van der Waals surface area contributed by atoms with Crippen LogP contribution < -0.4 is 0 Å². The minimum atomic E-state index is -1.23. The maximum atomic E-state index is 12.9. The fraction of sp³-hybridized carbons (Fsp3) is 0.368. The van der Waals surface area contributed by atoms with Gasteiger partial charge >= 0.3 is 0 Å². The lowest BCUT2D eigenvalue weighted by Gasteiger charge is -2.16. The van der Waals surface area contributed by atoms with Crippen LogP contribution in [0.15, 0.2) is 53.7 Å².